The molecule has 0 aliphatic rings. The molecule has 0 fully saturated rings. The van der Waals surface area contributed by atoms with Crippen molar-refractivity contribution in [2.75, 3.05) is 6.54 Å². The Kier molecular flexibility index (Phi) is 9.59. The highest BCUT2D eigenvalue weighted by molar-refractivity contribution is 6.31. The maximum absolute atomic E-state index is 12.4. The van der Waals surface area contributed by atoms with Crippen LogP contribution in [0.1, 0.15) is 46.3 Å². The predicted molar refractivity (Wildman–Crippen MR) is 121 cm³/mol. The summed E-state index contributed by atoms with van der Waals surface area (Å²) in [5.41, 5.74) is 10.5. The molecule has 1 amide bonds. The third-order valence-electron chi connectivity index (χ3n) is 4.50. The van der Waals surface area contributed by atoms with Crippen LogP contribution in [0.3, 0.4) is 0 Å². The third-order valence-corrected chi connectivity index (χ3v) is 4.84. The quantitative estimate of drug-likeness (QED) is 0.367. The molecule has 156 valence electrons. The van der Waals surface area contributed by atoms with Crippen LogP contribution in [0.15, 0.2) is 71.0 Å². The number of hydrogen-bond donors (Lipinski definition) is 3. The van der Waals surface area contributed by atoms with Crippen LogP contribution in [0, 0.1) is 5.41 Å². The van der Waals surface area contributed by atoms with Crippen LogP contribution < -0.4 is 11.1 Å². The van der Waals surface area contributed by atoms with Gasteiger partial charge in [0, 0.05) is 17.1 Å². The fraction of sp³-hybridized carbons (Fsp3) is 0.304. The van der Waals surface area contributed by atoms with E-state index in [1.807, 2.05) is 45.1 Å². The van der Waals surface area contributed by atoms with Crippen molar-refractivity contribution in [3.63, 3.8) is 0 Å². The van der Waals surface area contributed by atoms with E-state index < -0.39 is 12.2 Å². The number of halogens is 1. The number of ether oxygens (including phenoxy) is 1. The van der Waals surface area contributed by atoms with Gasteiger partial charge in [0.2, 0.25) is 0 Å². The van der Waals surface area contributed by atoms with E-state index in [1.54, 1.807) is 26.0 Å². The molecule has 6 heteroatoms. The van der Waals surface area contributed by atoms with Gasteiger partial charge in [0.1, 0.15) is 6.10 Å². The number of nitrogens with one attached hydrogen (secondary N) is 2. The molecule has 1 rings (SSSR count). The van der Waals surface area contributed by atoms with Gasteiger partial charge in [0.05, 0.1) is 11.4 Å². The van der Waals surface area contributed by atoms with E-state index in [4.69, 9.17) is 27.5 Å². The van der Waals surface area contributed by atoms with Crippen LogP contribution in [0.25, 0.3) is 0 Å². The molecule has 0 aliphatic heterocycles. The van der Waals surface area contributed by atoms with Crippen molar-refractivity contribution in [1.29, 1.82) is 5.41 Å². The fourth-order valence-corrected chi connectivity index (χ4v) is 2.85. The highest BCUT2D eigenvalue weighted by Gasteiger charge is 2.17. The Bertz CT molecular complexity index is 882. The zero-order chi connectivity index (χ0) is 22.1. The molecule has 0 bridgehead atoms. The van der Waals surface area contributed by atoms with Gasteiger partial charge in [-0.05, 0) is 57.4 Å². The minimum absolute atomic E-state index is 0.223. The molecule has 4 N–H and O–H groups in total. The zero-order valence-electron chi connectivity index (χ0n) is 17.7. The van der Waals surface area contributed by atoms with Crippen molar-refractivity contribution < 1.29 is 9.53 Å². The molecule has 0 aromatic heterocycles. The molecule has 0 heterocycles. The second-order valence-electron chi connectivity index (χ2n) is 6.85. The number of carbonyl (C=O) groups is 1. The molecular weight excluding hydrogens is 386 g/mol. The average molecular weight is 416 g/mol. The topological polar surface area (TPSA) is 88.2 Å². The second-order valence-corrected chi connectivity index (χ2v) is 7.25. The van der Waals surface area contributed by atoms with E-state index in [1.165, 1.54) is 0 Å². The number of benzene rings is 1. The first-order valence-electron chi connectivity index (χ1n) is 9.30. The van der Waals surface area contributed by atoms with Crippen molar-refractivity contribution in [1.82, 2.24) is 5.32 Å². The summed E-state index contributed by atoms with van der Waals surface area (Å²) in [6.45, 7) is 13.3. The van der Waals surface area contributed by atoms with Crippen molar-refractivity contribution in [3.8, 4) is 0 Å². The van der Waals surface area contributed by atoms with Gasteiger partial charge in [-0.1, -0.05) is 54.1 Å². The predicted octanol–water partition coefficient (Wildman–Crippen LogP) is 5.85. The second kappa shape index (κ2) is 11.4. The monoisotopic (exact) mass is 415 g/mol. The summed E-state index contributed by atoms with van der Waals surface area (Å²) in [5.74, 6) is 0. The smallest absolute Gasteiger partial charge is 0.412 e. The number of carbonyl (C=O) groups excluding carboxylic acids is 1. The van der Waals surface area contributed by atoms with E-state index >= 15 is 0 Å². The summed E-state index contributed by atoms with van der Waals surface area (Å²) in [7, 11) is 0. The van der Waals surface area contributed by atoms with Gasteiger partial charge in [-0.25, -0.2) is 4.79 Å². The van der Waals surface area contributed by atoms with E-state index in [9.17, 15) is 4.79 Å². The van der Waals surface area contributed by atoms with Crippen LogP contribution in [0.2, 0.25) is 5.02 Å². The fourth-order valence-electron chi connectivity index (χ4n) is 2.56. The summed E-state index contributed by atoms with van der Waals surface area (Å²) in [5, 5.41) is 11.3. The summed E-state index contributed by atoms with van der Waals surface area (Å²) >= 11 is 6.16. The molecule has 0 saturated carbocycles. The van der Waals surface area contributed by atoms with E-state index in [0.29, 0.717) is 22.8 Å². The van der Waals surface area contributed by atoms with E-state index in [-0.39, 0.29) is 5.71 Å². The van der Waals surface area contributed by atoms with Crippen molar-refractivity contribution in [3.05, 3.63) is 81.6 Å². The number of alkyl carbamates (subject to hydrolysis) is 1. The van der Waals surface area contributed by atoms with Crippen LogP contribution >= 0.6 is 11.6 Å². The van der Waals surface area contributed by atoms with Crippen LogP contribution in [-0.4, -0.2) is 18.3 Å². The largest absolute Gasteiger partial charge is 0.441 e. The Morgan fingerprint density at radius 2 is 1.90 bits per heavy atom. The molecule has 1 unspecified atom stereocenters. The Balaban J connectivity index is 3.04. The van der Waals surface area contributed by atoms with Crippen molar-refractivity contribution in [2.45, 2.75) is 40.7 Å². The lowest BCUT2D eigenvalue weighted by molar-refractivity contribution is 0.110. The maximum atomic E-state index is 12.4. The van der Waals surface area contributed by atoms with Gasteiger partial charge in [0.25, 0.3) is 0 Å². The lowest BCUT2D eigenvalue weighted by Crippen LogP contribution is -2.29. The molecular formula is C23H30ClN3O2. The highest BCUT2D eigenvalue weighted by atomic mass is 35.5. The lowest BCUT2D eigenvalue weighted by Gasteiger charge is -2.18. The number of hydrogen-bond acceptors (Lipinski definition) is 4. The SMILES string of the molecule is C=C(C)\C(=C/C=C(C)/C(C)=C(\NC(=O)OC(C)c1ccccc1Cl)C(C)=N)CN. The van der Waals surface area contributed by atoms with E-state index in [0.717, 1.165) is 22.3 Å². The third kappa shape index (κ3) is 7.37. The molecule has 0 aliphatic carbocycles. The highest BCUT2D eigenvalue weighted by Crippen LogP contribution is 2.25. The Hall–Kier alpha value is -2.63. The van der Waals surface area contributed by atoms with Crippen molar-refractivity contribution >= 4 is 23.4 Å². The van der Waals surface area contributed by atoms with Crippen molar-refractivity contribution in [2.24, 2.45) is 5.73 Å². The first kappa shape index (κ1) is 24.4. The molecule has 1 aromatic rings. The van der Waals surface area contributed by atoms with Gasteiger partial charge < -0.3 is 15.9 Å². The number of amides is 1. The molecule has 0 radical (unpaired) electrons. The van der Waals surface area contributed by atoms with Crippen LogP contribution in [0.4, 0.5) is 4.79 Å². The molecule has 1 aromatic carbocycles. The average Bonchev–Trinajstić information content (AvgIpc) is 2.65. The molecule has 1 atom stereocenters. The Labute approximate surface area is 178 Å². The molecule has 0 saturated heterocycles. The number of rotatable bonds is 8. The van der Waals surface area contributed by atoms with Gasteiger partial charge in [-0.15, -0.1) is 0 Å². The summed E-state index contributed by atoms with van der Waals surface area (Å²) < 4.78 is 5.45. The summed E-state index contributed by atoms with van der Waals surface area (Å²) in [6, 6.07) is 7.20. The van der Waals surface area contributed by atoms with Gasteiger partial charge in [-0.3, -0.25) is 5.32 Å². The maximum Gasteiger partial charge on any atom is 0.412 e. The number of nitrogens with two attached hydrogens (primary N) is 1. The minimum atomic E-state index is -0.647. The van der Waals surface area contributed by atoms with Crippen LogP contribution in [-0.2, 0) is 4.74 Å². The minimum Gasteiger partial charge on any atom is -0.441 e. The molecule has 0 spiro atoms. The van der Waals surface area contributed by atoms with Crippen LogP contribution in [0.5, 0.6) is 0 Å². The summed E-state index contributed by atoms with van der Waals surface area (Å²) in [4.78, 5) is 12.4. The van der Waals surface area contributed by atoms with Gasteiger partial charge in [0.15, 0.2) is 0 Å². The van der Waals surface area contributed by atoms with Gasteiger partial charge in [-0.2, -0.15) is 0 Å². The van der Waals surface area contributed by atoms with E-state index in [2.05, 4.69) is 11.9 Å². The first-order chi connectivity index (χ1) is 13.6. The normalized spacial score (nSPS) is 14.0. The Morgan fingerprint density at radius 3 is 2.41 bits per heavy atom. The molecule has 5 nitrogen and oxygen atoms in total. The number of allylic oxidation sites excluding steroid dienone is 5. The first-order valence-corrected chi connectivity index (χ1v) is 9.68. The standard InChI is InChI=1S/C23H30ClN3O2/c1-14(2)19(13-25)12-11-15(3)16(4)22(17(5)26)27-23(28)29-18(6)20-9-7-8-10-21(20)24/h7-12,18,26H,1,13,25H2,2-6H3,(H,27,28)/b15-11+,19-12-,22-16-,26-17?. The Morgan fingerprint density at radius 1 is 1.28 bits per heavy atom. The van der Waals surface area contributed by atoms with Gasteiger partial charge >= 0.3 is 6.09 Å². The zero-order valence-corrected chi connectivity index (χ0v) is 18.5. The molecule has 29 heavy (non-hydrogen) atoms. The lowest BCUT2D eigenvalue weighted by atomic mass is 10.0. The summed E-state index contributed by atoms with van der Waals surface area (Å²) in [6.07, 6.45) is 2.62.